The van der Waals surface area contributed by atoms with E-state index in [2.05, 4.69) is 5.32 Å². The van der Waals surface area contributed by atoms with E-state index in [1.165, 1.54) is 24.3 Å². The molecule has 0 aliphatic carbocycles. The van der Waals surface area contributed by atoms with Gasteiger partial charge in [-0.15, -0.1) is 0 Å². The van der Waals surface area contributed by atoms with Crippen molar-refractivity contribution in [2.24, 2.45) is 0 Å². The van der Waals surface area contributed by atoms with Crippen LogP contribution in [0.15, 0.2) is 79.1 Å². The van der Waals surface area contributed by atoms with Gasteiger partial charge in [0.15, 0.2) is 23.1 Å². The van der Waals surface area contributed by atoms with E-state index in [0.717, 1.165) is 11.3 Å². The maximum atomic E-state index is 10.9. The number of hydrogen-bond donors (Lipinski definition) is 2. The molecule has 1 aromatic heterocycles. The van der Waals surface area contributed by atoms with Gasteiger partial charge in [0.05, 0.1) is 4.92 Å². The Kier molecular flexibility index (Phi) is 5.76. The fraction of sp³-hybridized carbons (Fsp3) is 0.0476. The second-order valence-electron chi connectivity index (χ2n) is 6.05. The van der Waals surface area contributed by atoms with Crippen LogP contribution in [0.2, 0.25) is 0 Å². The molecule has 3 aromatic rings. The Hall–Kier alpha value is -3.58. The number of aryl methyl sites for hydroxylation is 1. The first-order valence-electron chi connectivity index (χ1n) is 8.49. The molecule has 0 atom stereocenters. The van der Waals surface area contributed by atoms with Crippen LogP contribution in [0.25, 0.3) is 11.5 Å². The van der Waals surface area contributed by atoms with Crippen LogP contribution in [0, 0.1) is 17.0 Å². The van der Waals surface area contributed by atoms with Gasteiger partial charge in [-0.2, -0.15) is 4.57 Å². The minimum atomic E-state index is -0.484. The molecule has 6 nitrogen and oxygen atoms in total. The highest BCUT2D eigenvalue weighted by atomic mass is 32.1. The van der Waals surface area contributed by atoms with E-state index in [1.807, 2.05) is 49.4 Å². The van der Waals surface area contributed by atoms with E-state index >= 15 is 0 Å². The van der Waals surface area contributed by atoms with Gasteiger partial charge in [-0.1, -0.05) is 36.5 Å². The average molecular weight is 392 g/mol. The van der Waals surface area contributed by atoms with Crippen LogP contribution in [0.5, 0.6) is 0 Å². The number of hydrogen-bond acceptors (Lipinski definition) is 4. The van der Waals surface area contributed by atoms with Crippen LogP contribution in [0.4, 0.5) is 11.4 Å². The first kappa shape index (κ1) is 19.2. The summed E-state index contributed by atoms with van der Waals surface area (Å²) in [5, 5.41) is 25.0. The molecule has 0 spiro atoms. The number of thiocarbonyl (C=S) groups is 1. The van der Waals surface area contributed by atoms with Crippen molar-refractivity contribution in [3.05, 3.63) is 100 Å². The molecule has 0 saturated carbocycles. The van der Waals surface area contributed by atoms with Crippen LogP contribution >= 0.6 is 12.2 Å². The number of pyridine rings is 1. The summed E-state index contributed by atoms with van der Waals surface area (Å²) in [6, 6.07) is 18.9. The van der Waals surface area contributed by atoms with Crippen molar-refractivity contribution in [2.75, 3.05) is 5.32 Å². The molecule has 0 saturated heterocycles. The van der Waals surface area contributed by atoms with E-state index < -0.39 is 4.92 Å². The van der Waals surface area contributed by atoms with Gasteiger partial charge in [-0.05, 0) is 30.7 Å². The maximum Gasteiger partial charge on any atom is 0.288 e. The fourth-order valence-corrected chi connectivity index (χ4v) is 2.98. The Morgan fingerprint density at radius 3 is 2.29 bits per heavy atom. The van der Waals surface area contributed by atoms with Crippen molar-refractivity contribution in [1.29, 1.82) is 0 Å². The van der Waals surface area contributed by atoms with Crippen LogP contribution in [0.3, 0.4) is 0 Å². The number of nitrogens with one attached hydrogen (secondary N) is 1. The number of aliphatic hydroxyl groups excluding tert-OH is 1. The summed E-state index contributed by atoms with van der Waals surface area (Å²) in [6.45, 7) is 1.96. The van der Waals surface area contributed by atoms with Crippen LogP contribution in [-0.2, 0) is 0 Å². The van der Waals surface area contributed by atoms with Crippen molar-refractivity contribution in [2.45, 2.75) is 6.92 Å². The number of aliphatic hydroxyl groups is 1. The molecule has 0 radical (unpaired) electrons. The van der Waals surface area contributed by atoms with Gasteiger partial charge in [-0.25, -0.2) is 0 Å². The number of para-hydroxylation sites is 1. The lowest BCUT2D eigenvalue weighted by Gasteiger charge is -2.11. The van der Waals surface area contributed by atoms with Crippen LogP contribution in [0.1, 0.15) is 11.1 Å². The summed E-state index contributed by atoms with van der Waals surface area (Å²) in [6.07, 6.45) is 3.53. The molecule has 2 aromatic carbocycles. The smallest absolute Gasteiger partial charge is 0.288 e. The third-order valence-electron chi connectivity index (χ3n) is 4.16. The van der Waals surface area contributed by atoms with E-state index in [4.69, 9.17) is 12.2 Å². The molecule has 0 fully saturated rings. The van der Waals surface area contributed by atoms with Gasteiger partial charge in [0, 0.05) is 35.5 Å². The van der Waals surface area contributed by atoms with Gasteiger partial charge < -0.3 is 10.4 Å². The summed E-state index contributed by atoms with van der Waals surface area (Å²) in [5.41, 5.74) is 2.58. The Morgan fingerprint density at radius 2 is 1.68 bits per heavy atom. The number of nitro benzene ring substituents is 1. The summed E-state index contributed by atoms with van der Waals surface area (Å²) in [4.78, 5) is 10.7. The Labute approximate surface area is 167 Å². The maximum absolute atomic E-state index is 10.9. The summed E-state index contributed by atoms with van der Waals surface area (Å²) >= 11 is 5.58. The number of anilines is 1. The van der Waals surface area contributed by atoms with Gasteiger partial charge in [0.25, 0.3) is 11.4 Å². The van der Waals surface area contributed by atoms with E-state index in [0.29, 0.717) is 16.2 Å². The predicted molar refractivity (Wildman–Crippen MR) is 113 cm³/mol. The molecule has 0 unspecified atom stereocenters. The summed E-state index contributed by atoms with van der Waals surface area (Å²) < 4.78 is 1.70. The molecule has 3 rings (SSSR count). The summed E-state index contributed by atoms with van der Waals surface area (Å²) in [7, 11) is 0. The number of non-ortho nitro benzene ring substituents is 1. The Morgan fingerprint density at radius 1 is 1.04 bits per heavy atom. The third kappa shape index (κ3) is 4.21. The molecule has 0 aliphatic heterocycles. The van der Waals surface area contributed by atoms with E-state index in [9.17, 15) is 15.2 Å². The second-order valence-corrected chi connectivity index (χ2v) is 6.46. The van der Waals surface area contributed by atoms with E-state index in [-0.39, 0.29) is 11.4 Å². The van der Waals surface area contributed by atoms with Crippen molar-refractivity contribution in [3.63, 3.8) is 0 Å². The predicted octanol–water partition coefficient (Wildman–Crippen LogP) is 4.51. The molecule has 1 heterocycles. The molecule has 140 valence electrons. The molecule has 2 N–H and O–H groups in total. The molecular formula is C21H18N3O3S+. The molecule has 0 amide bonds. The number of nitrogens with zero attached hydrogens (tertiary/aromatic N) is 2. The lowest BCUT2D eigenvalue weighted by Crippen LogP contribution is -2.38. The van der Waals surface area contributed by atoms with Gasteiger partial charge in [-0.3, -0.25) is 10.1 Å². The van der Waals surface area contributed by atoms with Gasteiger partial charge in [0.1, 0.15) is 0 Å². The highest BCUT2D eigenvalue weighted by molar-refractivity contribution is 7.81. The molecular weight excluding hydrogens is 374 g/mol. The SMILES string of the molecule is Cc1ccccc1NC(=S)/C(=C(/O)c1ccc([N+](=O)[O-])cc1)[n+]1ccccc1. The number of rotatable bonds is 5. The molecule has 28 heavy (non-hydrogen) atoms. The molecule has 7 heteroatoms. The minimum absolute atomic E-state index is 0.0499. The third-order valence-corrected chi connectivity index (χ3v) is 4.45. The first-order valence-corrected chi connectivity index (χ1v) is 8.90. The second kappa shape index (κ2) is 8.41. The van der Waals surface area contributed by atoms with Gasteiger partial charge >= 0.3 is 0 Å². The number of nitro groups is 1. The fourth-order valence-electron chi connectivity index (χ4n) is 2.67. The number of benzene rings is 2. The van der Waals surface area contributed by atoms with Crippen molar-refractivity contribution < 1.29 is 14.6 Å². The quantitative estimate of drug-likeness (QED) is 0.167. The summed E-state index contributed by atoms with van der Waals surface area (Å²) in [5.74, 6) is -0.0859. The normalized spacial score (nSPS) is 11.5. The largest absolute Gasteiger partial charge is 0.502 e. The van der Waals surface area contributed by atoms with Crippen LogP contribution < -0.4 is 9.88 Å². The Balaban J connectivity index is 2.06. The lowest BCUT2D eigenvalue weighted by molar-refractivity contribution is -0.575. The zero-order chi connectivity index (χ0) is 20.1. The highest BCUT2D eigenvalue weighted by Gasteiger charge is 2.24. The van der Waals surface area contributed by atoms with E-state index in [1.54, 1.807) is 17.0 Å². The molecule has 0 bridgehead atoms. The zero-order valence-electron chi connectivity index (χ0n) is 15.1. The minimum Gasteiger partial charge on any atom is -0.502 e. The first-order chi connectivity index (χ1) is 13.5. The lowest BCUT2D eigenvalue weighted by atomic mass is 10.1. The topological polar surface area (TPSA) is 79.3 Å². The Bertz CT molecular complexity index is 1050. The van der Waals surface area contributed by atoms with Crippen molar-refractivity contribution >= 4 is 40.0 Å². The average Bonchev–Trinajstić information content (AvgIpc) is 2.70. The number of aromatic nitrogens is 1. The van der Waals surface area contributed by atoms with Gasteiger partial charge in [0.2, 0.25) is 0 Å². The standard InChI is InChI=1S/C21H17N3O3S/c1-15-7-3-4-8-18(15)22-21(28)19(23-13-5-2-6-14-23)20(25)16-9-11-17(12-10-16)24(26)27/h2-14H,1H3,(H-,22,25,28)/p+1. The monoisotopic (exact) mass is 392 g/mol. The van der Waals surface area contributed by atoms with Crippen molar-refractivity contribution in [3.8, 4) is 0 Å². The van der Waals surface area contributed by atoms with Crippen LogP contribution in [-0.4, -0.2) is 15.0 Å². The molecule has 0 aliphatic rings. The zero-order valence-corrected chi connectivity index (χ0v) is 15.9. The highest BCUT2D eigenvalue weighted by Crippen LogP contribution is 2.22. The van der Waals surface area contributed by atoms with Crippen molar-refractivity contribution in [1.82, 2.24) is 0 Å².